The van der Waals surface area contributed by atoms with Gasteiger partial charge >= 0.3 is 6.09 Å². The molecule has 1 aliphatic rings. The van der Waals surface area contributed by atoms with Crippen molar-refractivity contribution in [2.75, 3.05) is 31.5 Å². The molecule has 1 fully saturated rings. The summed E-state index contributed by atoms with van der Waals surface area (Å²) < 4.78 is 5.30. The van der Waals surface area contributed by atoms with Crippen molar-refractivity contribution in [3.8, 4) is 0 Å². The maximum Gasteiger partial charge on any atom is 0.410 e. The number of piperazine rings is 1. The van der Waals surface area contributed by atoms with Gasteiger partial charge in [-0.15, -0.1) is 0 Å². The molecule has 0 atom stereocenters. The summed E-state index contributed by atoms with van der Waals surface area (Å²) in [6, 6.07) is 0. The van der Waals surface area contributed by atoms with Gasteiger partial charge in [0.1, 0.15) is 5.60 Å². The van der Waals surface area contributed by atoms with E-state index in [1.807, 2.05) is 20.8 Å². The molecule has 108 valence electrons. The summed E-state index contributed by atoms with van der Waals surface area (Å²) >= 11 is 3.23. The molecular formula is C13H21BrN2O3. The van der Waals surface area contributed by atoms with Crippen LogP contribution in [0.3, 0.4) is 0 Å². The summed E-state index contributed by atoms with van der Waals surface area (Å²) in [4.78, 5) is 27.0. The molecule has 0 aromatic rings. The molecule has 1 rings (SSSR count). The molecule has 0 unspecified atom stereocenters. The molecule has 0 saturated carbocycles. The Bertz CT molecular complexity index is 355. The van der Waals surface area contributed by atoms with Gasteiger partial charge in [0.2, 0.25) is 5.91 Å². The van der Waals surface area contributed by atoms with Crippen LogP contribution < -0.4 is 0 Å². The molecule has 1 aliphatic heterocycles. The molecule has 0 aromatic heterocycles. The second kappa shape index (κ2) is 6.93. The summed E-state index contributed by atoms with van der Waals surface area (Å²) in [5, 5.41) is 0.663. The van der Waals surface area contributed by atoms with E-state index >= 15 is 0 Å². The lowest BCUT2D eigenvalue weighted by atomic mass is 10.2. The molecule has 1 heterocycles. The van der Waals surface area contributed by atoms with Crippen LogP contribution in [-0.2, 0) is 9.53 Å². The summed E-state index contributed by atoms with van der Waals surface area (Å²) in [7, 11) is 0. The minimum atomic E-state index is -0.483. The van der Waals surface area contributed by atoms with Crippen LogP contribution in [0, 0.1) is 0 Å². The Morgan fingerprint density at radius 2 is 1.68 bits per heavy atom. The summed E-state index contributed by atoms with van der Waals surface area (Å²) in [5.41, 5.74) is -0.483. The first-order valence-electron chi connectivity index (χ1n) is 6.33. The molecule has 0 spiro atoms. The van der Waals surface area contributed by atoms with Gasteiger partial charge in [-0.05, 0) is 26.8 Å². The van der Waals surface area contributed by atoms with Gasteiger partial charge in [0.05, 0.1) is 0 Å². The van der Waals surface area contributed by atoms with Crippen LogP contribution in [0.25, 0.3) is 0 Å². The molecule has 2 amide bonds. The number of amides is 2. The zero-order valence-electron chi connectivity index (χ0n) is 11.7. The van der Waals surface area contributed by atoms with Crippen molar-refractivity contribution < 1.29 is 14.3 Å². The summed E-state index contributed by atoms with van der Waals surface area (Å²) in [6.07, 6.45) is 3.01. The van der Waals surface area contributed by atoms with E-state index in [0.717, 1.165) is 0 Å². The highest BCUT2D eigenvalue weighted by Gasteiger charge is 2.26. The maximum atomic E-state index is 11.8. The van der Waals surface area contributed by atoms with Crippen LogP contribution in [0.4, 0.5) is 4.79 Å². The molecule has 0 aliphatic carbocycles. The average molecular weight is 333 g/mol. The van der Waals surface area contributed by atoms with Crippen molar-refractivity contribution in [2.45, 2.75) is 26.4 Å². The maximum absolute atomic E-state index is 11.8. The van der Waals surface area contributed by atoms with Crippen molar-refractivity contribution in [1.82, 2.24) is 9.80 Å². The predicted molar refractivity (Wildman–Crippen MR) is 77.3 cm³/mol. The first kappa shape index (κ1) is 16.0. The smallest absolute Gasteiger partial charge is 0.410 e. The van der Waals surface area contributed by atoms with E-state index in [4.69, 9.17) is 4.74 Å². The fourth-order valence-corrected chi connectivity index (χ4v) is 1.87. The molecule has 0 radical (unpaired) electrons. The molecule has 6 heteroatoms. The molecule has 1 saturated heterocycles. The Morgan fingerprint density at radius 3 is 2.16 bits per heavy atom. The number of halogens is 1. The Kier molecular flexibility index (Phi) is 5.85. The predicted octanol–water partition coefficient (Wildman–Crippen LogP) is 2.02. The third-order valence-corrected chi connectivity index (χ3v) is 2.97. The lowest BCUT2D eigenvalue weighted by Gasteiger charge is -2.35. The van der Waals surface area contributed by atoms with Crippen molar-refractivity contribution in [3.05, 3.63) is 12.2 Å². The molecule has 0 bridgehead atoms. The van der Waals surface area contributed by atoms with Crippen molar-refractivity contribution in [3.63, 3.8) is 0 Å². The van der Waals surface area contributed by atoms with E-state index in [2.05, 4.69) is 15.9 Å². The lowest BCUT2D eigenvalue weighted by molar-refractivity contribution is -0.127. The first-order chi connectivity index (χ1) is 8.83. The van der Waals surface area contributed by atoms with E-state index < -0.39 is 5.60 Å². The van der Waals surface area contributed by atoms with Gasteiger partial charge in [-0.25, -0.2) is 4.79 Å². The Morgan fingerprint density at radius 1 is 1.16 bits per heavy atom. The third kappa shape index (κ3) is 5.63. The topological polar surface area (TPSA) is 49.9 Å². The number of rotatable bonds is 2. The van der Waals surface area contributed by atoms with Crippen LogP contribution in [0.5, 0.6) is 0 Å². The molecule has 19 heavy (non-hydrogen) atoms. The summed E-state index contributed by atoms with van der Waals surface area (Å²) in [6.45, 7) is 7.66. The SMILES string of the molecule is CC(C)(C)OC(=O)N1CCN(C(=O)/C=C/CBr)CC1. The zero-order valence-corrected chi connectivity index (χ0v) is 13.3. The number of alkyl halides is 1. The highest BCUT2D eigenvalue weighted by Crippen LogP contribution is 2.12. The summed E-state index contributed by atoms with van der Waals surface area (Å²) in [5.74, 6) is -0.0108. The molecule has 0 aromatic carbocycles. The van der Waals surface area contributed by atoms with Crippen molar-refractivity contribution in [1.29, 1.82) is 0 Å². The fourth-order valence-electron chi connectivity index (χ4n) is 1.69. The first-order valence-corrected chi connectivity index (χ1v) is 7.45. The highest BCUT2D eigenvalue weighted by atomic mass is 79.9. The van der Waals surface area contributed by atoms with Crippen LogP contribution in [0.1, 0.15) is 20.8 Å². The van der Waals surface area contributed by atoms with Crippen LogP contribution in [0.2, 0.25) is 0 Å². The van der Waals surface area contributed by atoms with Gasteiger partial charge in [-0.3, -0.25) is 4.79 Å². The number of ether oxygens (including phenoxy) is 1. The number of nitrogens with zero attached hydrogens (tertiary/aromatic N) is 2. The van der Waals surface area contributed by atoms with Gasteiger partial charge in [0.15, 0.2) is 0 Å². The van der Waals surface area contributed by atoms with E-state index in [1.165, 1.54) is 0 Å². The second-order valence-electron chi connectivity index (χ2n) is 5.35. The monoisotopic (exact) mass is 332 g/mol. The number of allylic oxidation sites excluding steroid dienone is 1. The number of carbonyl (C=O) groups is 2. The molecular weight excluding hydrogens is 312 g/mol. The largest absolute Gasteiger partial charge is 0.444 e. The van der Waals surface area contributed by atoms with Crippen molar-refractivity contribution >= 4 is 27.9 Å². The zero-order chi connectivity index (χ0) is 14.5. The van der Waals surface area contributed by atoms with Crippen LogP contribution >= 0.6 is 15.9 Å². The lowest BCUT2D eigenvalue weighted by Crippen LogP contribution is -2.51. The Labute approximate surface area is 122 Å². The van der Waals surface area contributed by atoms with Gasteiger partial charge in [0.25, 0.3) is 0 Å². The standard InChI is InChI=1S/C13H21BrN2O3/c1-13(2,3)19-12(18)16-9-7-15(8-10-16)11(17)5-4-6-14/h4-5H,6-10H2,1-3H3/b5-4+. The fraction of sp³-hybridized carbons (Fsp3) is 0.692. The van der Waals surface area contributed by atoms with Gasteiger partial charge < -0.3 is 14.5 Å². The van der Waals surface area contributed by atoms with Crippen LogP contribution in [0.15, 0.2) is 12.2 Å². The van der Waals surface area contributed by atoms with Crippen LogP contribution in [-0.4, -0.2) is 58.9 Å². The van der Waals surface area contributed by atoms with E-state index in [0.29, 0.717) is 31.5 Å². The molecule has 5 nitrogen and oxygen atoms in total. The van der Waals surface area contributed by atoms with Gasteiger partial charge in [-0.1, -0.05) is 22.0 Å². The number of carbonyl (C=O) groups excluding carboxylic acids is 2. The minimum Gasteiger partial charge on any atom is -0.444 e. The highest BCUT2D eigenvalue weighted by molar-refractivity contribution is 9.09. The Hall–Kier alpha value is -1.04. The molecule has 0 N–H and O–H groups in total. The average Bonchev–Trinajstić information content (AvgIpc) is 2.34. The quantitative estimate of drug-likeness (QED) is 0.574. The van der Waals surface area contributed by atoms with Gasteiger partial charge in [-0.2, -0.15) is 0 Å². The Balaban J connectivity index is 2.42. The number of hydrogen-bond acceptors (Lipinski definition) is 3. The normalized spacial score (nSPS) is 16.8. The third-order valence-electron chi connectivity index (χ3n) is 2.59. The second-order valence-corrected chi connectivity index (χ2v) is 6.00. The van der Waals surface area contributed by atoms with Crippen molar-refractivity contribution in [2.24, 2.45) is 0 Å². The van der Waals surface area contributed by atoms with E-state index in [-0.39, 0.29) is 12.0 Å². The van der Waals surface area contributed by atoms with E-state index in [9.17, 15) is 9.59 Å². The number of hydrogen-bond donors (Lipinski definition) is 0. The minimum absolute atomic E-state index is 0.0108. The van der Waals surface area contributed by atoms with Gasteiger partial charge in [0, 0.05) is 31.5 Å². The van der Waals surface area contributed by atoms with E-state index in [1.54, 1.807) is 22.0 Å².